The molecule has 2 heterocycles. The molecule has 0 atom stereocenters. The Morgan fingerprint density at radius 2 is 2.40 bits per heavy atom. The normalized spacial score (nSPS) is 17.2. The van der Waals surface area contributed by atoms with Gasteiger partial charge in [-0.25, -0.2) is 0 Å². The molecule has 0 aromatic carbocycles. The second-order valence-corrected chi connectivity index (χ2v) is 3.19. The molecule has 0 spiro atoms. The lowest BCUT2D eigenvalue weighted by Gasteiger charge is -1.95. The van der Waals surface area contributed by atoms with Crippen LogP contribution in [0.3, 0.4) is 0 Å². The van der Waals surface area contributed by atoms with Gasteiger partial charge < -0.3 is 5.32 Å². The number of rotatable bonds is 0. The van der Waals surface area contributed by atoms with Crippen molar-refractivity contribution < 1.29 is 0 Å². The van der Waals surface area contributed by atoms with Crippen molar-refractivity contribution in [2.75, 3.05) is 11.9 Å². The molecule has 1 aromatic rings. The molecule has 0 unspecified atom stereocenters. The average molecular weight is 155 g/mol. The second-order valence-electron chi connectivity index (χ2n) is 2.43. The van der Waals surface area contributed by atoms with Crippen molar-refractivity contribution in [2.45, 2.75) is 19.3 Å². The van der Waals surface area contributed by atoms with Gasteiger partial charge in [-0.05, 0) is 19.3 Å². The van der Waals surface area contributed by atoms with Gasteiger partial charge in [0, 0.05) is 18.1 Å². The van der Waals surface area contributed by atoms with Crippen molar-refractivity contribution in [3.8, 4) is 0 Å². The minimum atomic E-state index is 1.08. The zero-order valence-corrected chi connectivity index (χ0v) is 6.45. The second kappa shape index (κ2) is 2.54. The summed E-state index contributed by atoms with van der Waals surface area (Å²) in [6.07, 6.45) is 3.59. The van der Waals surface area contributed by atoms with Crippen molar-refractivity contribution in [3.05, 3.63) is 5.69 Å². The first-order valence-electron chi connectivity index (χ1n) is 3.52. The van der Waals surface area contributed by atoms with Gasteiger partial charge >= 0.3 is 0 Å². The van der Waals surface area contributed by atoms with Crippen LogP contribution in [0.25, 0.3) is 0 Å². The summed E-state index contributed by atoms with van der Waals surface area (Å²) < 4.78 is 3.87. The van der Waals surface area contributed by atoms with E-state index in [9.17, 15) is 0 Å². The predicted molar refractivity (Wildman–Crippen MR) is 41.3 cm³/mol. The minimum absolute atomic E-state index is 1.08. The Kier molecular flexibility index (Phi) is 1.55. The molecule has 0 aliphatic carbocycles. The molecule has 1 aromatic heterocycles. The maximum atomic E-state index is 4.02. The van der Waals surface area contributed by atoms with Gasteiger partial charge in [-0.15, -0.1) is 5.10 Å². The SMILES string of the molecule is C1CCc2nnsc2NC1. The molecule has 1 N–H and O–H groups in total. The van der Waals surface area contributed by atoms with E-state index in [1.165, 1.54) is 29.4 Å². The fraction of sp³-hybridized carbons (Fsp3) is 0.667. The van der Waals surface area contributed by atoms with Crippen LogP contribution in [0.1, 0.15) is 18.5 Å². The topological polar surface area (TPSA) is 37.8 Å². The van der Waals surface area contributed by atoms with E-state index in [2.05, 4.69) is 14.9 Å². The van der Waals surface area contributed by atoms with E-state index in [0.29, 0.717) is 0 Å². The standard InChI is InChI=1S/C6H9N3S/c1-2-4-7-6-5(3-1)8-9-10-6/h7H,1-4H2. The molecule has 0 radical (unpaired) electrons. The van der Waals surface area contributed by atoms with E-state index in [-0.39, 0.29) is 0 Å². The number of nitrogens with one attached hydrogen (secondary N) is 1. The average Bonchev–Trinajstić information content (AvgIpc) is 2.28. The number of hydrogen-bond acceptors (Lipinski definition) is 4. The van der Waals surface area contributed by atoms with Crippen LogP contribution >= 0.6 is 11.5 Å². The molecule has 10 heavy (non-hydrogen) atoms. The van der Waals surface area contributed by atoms with Crippen LogP contribution in [0.2, 0.25) is 0 Å². The summed E-state index contributed by atoms with van der Waals surface area (Å²) in [7, 11) is 0. The molecule has 1 aliphatic heterocycles. The summed E-state index contributed by atoms with van der Waals surface area (Å²) >= 11 is 1.47. The van der Waals surface area contributed by atoms with E-state index in [4.69, 9.17) is 0 Å². The zero-order valence-electron chi connectivity index (χ0n) is 5.63. The number of hydrogen-bond donors (Lipinski definition) is 1. The highest BCUT2D eigenvalue weighted by Crippen LogP contribution is 2.21. The number of fused-ring (bicyclic) bond motifs is 1. The molecule has 0 saturated carbocycles. The van der Waals surface area contributed by atoms with E-state index < -0.39 is 0 Å². The van der Waals surface area contributed by atoms with Crippen molar-refractivity contribution in [1.29, 1.82) is 0 Å². The lowest BCUT2D eigenvalue weighted by atomic mass is 10.2. The Labute approximate surface area is 63.6 Å². The molecule has 0 fully saturated rings. The van der Waals surface area contributed by atoms with Gasteiger partial charge in [0.15, 0.2) is 0 Å². The molecular formula is C6H9N3S. The molecule has 1 aliphatic rings. The van der Waals surface area contributed by atoms with Crippen LogP contribution in [0.15, 0.2) is 0 Å². The molecule has 0 amide bonds. The van der Waals surface area contributed by atoms with Crippen molar-refractivity contribution in [3.63, 3.8) is 0 Å². The molecular weight excluding hydrogens is 146 g/mol. The van der Waals surface area contributed by atoms with Gasteiger partial charge in [-0.2, -0.15) is 0 Å². The molecule has 0 bridgehead atoms. The first kappa shape index (κ1) is 6.09. The third kappa shape index (κ3) is 0.988. The van der Waals surface area contributed by atoms with Crippen LogP contribution in [0.4, 0.5) is 5.00 Å². The van der Waals surface area contributed by atoms with Crippen LogP contribution in [-0.2, 0) is 6.42 Å². The third-order valence-electron chi connectivity index (χ3n) is 1.68. The highest BCUT2D eigenvalue weighted by atomic mass is 32.1. The maximum absolute atomic E-state index is 4.02. The van der Waals surface area contributed by atoms with E-state index in [1.54, 1.807) is 0 Å². The zero-order chi connectivity index (χ0) is 6.81. The van der Waals surface area contributed by atoms with Crippen LogP contribution in [0.5, 0.6) is 0 Å². The highest BCUT2D eigenvalue weighted by Gasteiger charge is 2.09. The van der Waals surface area contributed by atoms with Crippen LogP contribution in [0, 0.1) is 0 Å². The van der Waals surface area contributed by atoms with Crippen LogP contribution in [-0.4, -0.2) is 16.1 Å². The number of aromatic nitrogens is 2. The Morgan fingerprint density at radius 3 is 3.40 bits per heavy atom. The van der Waals surface area contributed by atoms with Crippen LogP contribution < -0.4 is 5.32 Å². The molecule has 54 valence electrons. The van der Waals surface area contributed by atoms with Gasteiger partial charge in [-0.1, -0.05) is 4.49 Å². The van der Waals surface area contributed by atoms with Crippen molar-refractivity contribution in [1.82, 2.24) is 9.59 Å². The van der Waals surface area contributed by atoms with Crippen molar-refractivity contribution >= 4 is 16.5 Å². The Morgan fingerprint density at radius 1 is 1.40 bits per heavy atom. The first-order chi connectivity index (χ1) is 4.97. The minimum Gasteiger partial charge on any atom is -0.374 e. The van der Waals surface area contributed by atoms with E-state index in [1.807, 2.05) is 0 Å². The van der Waals surface area contributed by atoms with Crippen molar-refractivity contribution in [2.24, 2.45) is 0 Å². The number of nitrogens with zero attached hydrogens (tertiary/aromatic N) is 2. The summed E-state index contributed by atoms with van der Waals surface area (Å²) in [5, 5.41) is 8.50. The summed E-state index contributed by atoms with van der Waals surface area (Å²) in [4.78, 5) is 0. The Bertz CT molecular complexity index is 200. The molecule has 2 rings (SSSR count). The maximum Gasteiger partial charge on any atom is 0.133 e. The fourth-order valence-electron chi connectivity index (χ4n) is 1.13. The summed E-state index contributed by atoms with van der Waals surface area (Å²) in [6, 6.07) is 0. The lowest BCUT2D eigenvalue weighted by molar-refractivity contribution is 0.768. The monoisotopic (exact) mass is 155 g/mol. The number of anilines is 1. The fourth-order valence-corrected chi connectivity index (χ4v) is 1.76. The predicted octanol–water partition coefficient (Wildman–Crippen LogP) is 1.29. The molecule has 3 nitrogen and oxygen atoms in total. The lowest BCUT2D eigenvalue weighted by Crippen LogP contribution is -1.96. The van der Waals surface area contributed by atoms with Gasteiger partial charge in [0.2, 0.25) is 0 Å². The summed E-state index contributed by atoms with van der Waals surface area (Å²) in [6.45, 7) is 1.08. The van der Waals surface area contributed by atoms with E-state index >= 15 is 0 Å². The smallest absolute Gasteiger partial charge is 0.133 e. The van der Waals surface area contributed by atoms with Gasteiger partial charge in [0.1, 0.15) is 5.00 Å². The van der Waals surface area contributed by atoms with E-state index in [0.717, 1.165) is 18.7 Å². The Balaban J connectivity index is 2.28. The molecule has 4 heteroatoms. The Hall–Kier alpha value is -0.640. The summed E-state index contributed by atoms with van der Waals surface area (Å²) in [5.74, 6) is 0. The molecule has 0 saturated heterocycles. The highest BCUT2D eigenvalue weighted by molar-refractivity contribution is 7.10. The quantitative estimate of drug-likeness (QED) is 0.613. The third-order valence-corrected chi connectivity index (χ3v) is 2.41. The van der Waals surface area contributed by atoms with Gasteiger partial charge in [-0.3, -0.25) is 0 Å². The summed E-state index contributed by atoms with van der Waals surface area (Å²) in [5.41, 5.74) is 1.16. The van der Waals surface area contributed by atoms with Gasteiger partial charge in [0.05, 0.1) is 5.69 Å². The largest absolute Gasteiger partial charge is 0.374 e. The first-order valence-corrected chi connectivity index (χ1v) is 4.29. The number of aryl methyl sites for hydroxylation is 1. The van der Waals surface area contributed by atoms with Gasteiger partial charge in [0.25, 0.3) is 0 Å².